The summed E-state index contributed by atoms with van der Waals surface area (Å²) in [4.78, 5) is 7.83. The first-order chi connectivity index (χ1) is 8.86. The second-order valence-electron chi connectivity index (χ2n) is 3.95. The largest absolute Gasteiger partial charge is 0.388 e. The molecule has 3 rings (SSSR count). The second kappa shape index (κ2) is 4.66. The Hall–Kier alpha value is -2.07. The molecule has 2 N–H and O–H groups in total. The van der Waals surface area contributed by atoms with E-state index in [-0.39, 0.29) is 0 Å². The molecule has 4 heteroatoms. The maximum atomic E-state index is 4.66. The highest BCUT2D eigenvalue weighted by Gasteiger charge is 2.07. The summed E-state index contributed by atoms with van der Waals surface area (Å²) in [5.74, 6) is 0. The van der Waals surface area contributed by atoms with Crippen LogP contribution >= 0.6 is 11.3 Å². The Morgan fingerprint density at radius 3 is 2.94 bits per heavy atom. The molecule has 2 aromatic heterocycles. The number of nitrogens with zero attached hydrogens (tertiary/aromatic N) is 1. The van der Waals surface area contributed by atoms with Crippen LogP contribution in [0.3, 0.4) is 0 Å². The van der Waals surface area contributed by atoms with E-state index in [9.17, 15) is 0 Å². The topological polar surface area (TPSA) is 40.7 Å². The summed E-state index contributed by atoms with van der Waals surface area (Å²) in [5, 5.41) is 6.25. The maximum absolute atomic E-state index is 4.66. The van der Waals surface area contributed by atoms with E-state index < -0.39 is 0 Å². The van der Waals surface area contributed by atoms with Gasteiger partial charge in [0.2, 0.25) is 0 Å². The molecule has 0 amide bonds. The van der Waals surface area contributed by atoms with Crippen molar-refractivity contribution in [2.24, 2.45) is 0 Å². The normalized spacial score (nSPS) is 10.5. The molecule has 0 saturated carbocycles. The fraction of sp³-hybridized carbons (Fsp3) is 0.0714. The first-order valence-electron chi connectivity index (χ1n) is 5.74. The van der Waals surface area contributed by atoms with Gasteiger partial charge < -0.3 is 10.3 Å². The number of aromatic nitrogens is 2. The Morgan fingerprint density at radius 1 is 1.22 bits per heavy atom. The Balaban J connectivity index is 1.97. The molecule has 0 spiro atoms. The van der Waals surface area contributed by atoms with E-state index in [0.29, 0.717) is 0 Å². The zero-order valence-electron chi connectivity index (χ0n) is 9.97. The molecule has 18 heavy (non-hydrogen) atoms. The molecule has 2 heterocycles. The van der Waals surface area contributed by atoms with Gasteiger partial charge in [0.05, 0.1) is 11.4 Å². The summed E-state index contributed by atoms with van der Waals surface area (Å²) in [6, 6.07) is 12.3. The van der Waals surface area contributed by atoms with Crippen molar-refractivity contribution in [1.82, 2.24) is 9.97 Å². The van der Waals surface area contributed by atoms with Gasteiger partial charge in [-0.05, 0) is 24.3 Å². The van der Waals surface area contributed by atoms with Crippen molar-refractivity contribution in [3.63, 3.8) is 0 Å². The Bertz CT molecular complexity index is 641. The quantitative estimate of drug-likeness (QED) is 0.746. The lowest BCUT2D eigenvalue weighted by Gasteiger charge is -2.01. The summed E-state index contributed by atoms with van der Waals surface area (Å²) in [6.07, 6.45) is 1.91. The third-order valence-electron chi connectivity index (χ3n) is 2.78. The van der Waals surface area contributed by atoms with E-state index >= 15 is 0 Å². The number of anilines is 1. The zero-order valence-corrected chi connectivity index (χ0v) is 10.8. The smallest absolute Gasteiger partial charge is 0.140 e. The highest BCUT2D eigenvalue weighted by molar-refractivity contribution is 7.13. The van der Waals surface area contributed by atoms with Crippen LogP contribution in [-0.2, 0) is 0 Å². The summed E-state index contributed by atoms with van der Waals surface area (Å²) in [5.41, 5.74) is 4.32. The highest BCUT2D eigenvalue weighted by atomic mass is 32.1. The number of nitrogens with one attached hydrogen (secondary N) is 2. The van der Waals surface area contributed by atoms with Gasteiger partial charge in [0.25, 0.3) is 0 Å². The van der Waals surface area contributed by atoms with Crippen LogP contribution in [0, 0.1) is 0 Å². The summed E-state index contributed by atoms with van der Waals surface area (Å²) in [7, 11) is 1.92. The van der Waals surface area contributed by atoms with Gasteiger partial charge in [-0.25, -0.2) is 4.98 Å². The van der Waals surface area contributed by atoms with E-state index in [1.165, 1.54) is 0 Å². The molecule has 0 saturated heterocycles. The van der Waals surface area contributed by atoms with Gasteiger partial charge >= 0.3 is 0 Å². The summed E-state index contributed by atoms with van der Waals surface area (Å²) >= 11 is 1.65. The lowest BCUT2D eigenvalue weighted by atomic mass is 10.1. The SMILES string of the molecule is CNc1cccc(-c2csc(-c3ccc[nH]3)n2)c1. The molecule has 0 radical (unpaired) electrons. The lowest BCUT2D eigenvalue weighted by molar-refractivity contribution is 1.34. The minimum absolute atomic E-state index is 1.02. The number of hydrogen-bond donors (Lipinski definition) is 2. The summed E-state index contributed by atoms with van der Waals surface area (Å²) in [6.45, 7) is 0. The first kappa shape index (κ1) is 11.0. The van der Waals surface area contributed by atoms with Gasteiger partial charge in [0, 0.05) is 29.9 Å². The second-order valence-corrected chi connectivity index (χ2v) is 4.81. The van der Waals surface area contributed by atoms with Crippen LogP contribution in [0.1, 0.15) is 0 Å². The minimum Gasteiger partial charge on any atom is -0.388 e. The standard InChI is InChI=1S/C14H13N3S/c1-15-11-5-2-4-10(8-11)13-9-18-14(17-13)12-6-3-7-16-12/h2-9,15-16H,1H3. The van der Waals surface area contributed by atoms with Crippen LogP contribution in [0.2, 0.25) is 0 Å². The average Bonchev–Trinajstić information content (AvgIpc) is 3.09. The van der Waals surface area contributed by atoms with Crippen LogP contribution in [0.4, 0.5) is 5.69 Å². The molecule has 0 fully saturated rings. The van der Waals surface area contributed by atoms with Crippen molar-refractivity contribution >= 4 is 17.0 Å². The van der Waals surface area contributed by atoms with Crippen LogP contribution < -0.4 is 5.32 Å². The Labute approximate surface area is 110 Å². The van der Waals surface area contributed by atoms with Crippen LogP contribution in [-0.4, -0.2) is 17.0 Å². The first-order valence-corrected chi connectivity index (χ1v) is 6.62. The molecular weight excluding hydrogens is 242 g/mol. The molecule has 0 aliphatic carbocycles. The van der Waals surface area contributed by atoms with Crippen molar-refractivity contribution in [2.45, 2.75) is 0 Å². The van der Waals surface area contributed by atoms with Crippen LogP contribution in [0.25, 0.3) is 22.0 Å². The number of aromatic amines is 1. The molecule has 0 unspecified atom stereocenters. The van der Waals surface area contributed by atoms with Gasteiger partial charge in [0.1, 0.15) is 5.01 Å². The monoisotopic (exact) mass is 255 g/mol. The van der Waals surface area contributed by atoms with E-state index in [1.54, 1.807) is 11.3 Å². The van der Waals surface area contributed by atoms with Crippen molar-refractivity contribution < 1.29 is 0 Å². The number of benzene rings is 1. The number of thiazole rings is 1. The zero-order chi connectivity index (χ0) is 12.4. The van der Waals surface area contributed by atoms with Gasteiger partial charge in [-0.2, -0.15) is 0 Å². The number of rotatable bonds is 3. The molecule has 3 aromatic rings. The predicted octanol–water partition coefficient (Wildman–Crippen LogP) is 3.85. The van der Waals surface area contributed by atoms with E-state index in [0.717, 1.165) is 27.6 Å². The van der Waals surface area contributed by atoms with Crippen molar-refractivity contribution in [3.05, 3.63) is 48.0 Å². The Morgan fingerprint density at radius 2 is 2.17 bits per heavy atom. The van der Waals surface area contributed by atoms with E-state index in [2.05, 4.69) is 32.8 Å². The van der Waals surface area contributed by atoms with E-state index in [4.69, 9.17) is 0 Å². The van der Waals surface area contributed by atoms with Gasteiger partial charge in [-0.15, -0.1) is 11.3 Å². The molecule has 1 aromatic carbocycles. The fourth-order valence-electron chi connectivity index (χ4n) is 1.83. The lowest BCUT2D eigenvalue weighted by Crippen LogP contribution is -1.87. The molecule has 0 aliphatic rings. The molecular formula is C14H13N3S. The Kier molecular flexibility index (Phi) is 2.86. The highest BCUT2D eigenvalue weighted by Crippen LogP contribution is 2.28. The molecule has 0 atom stereocenters. The number of hydrogen-bond acceptors (Lipinski definition) is 3. The maximum Gasteiger partial charge on any atom is 0.140 e. The van der Waals surface area contributed by atoms with Crippen LogP contribution in [0.15, 0.2) is 48.0 Å². The predicted molar refractivity (Wildman–Crippen MR) is 76.9 cm³/mol. The third kappa shape index (κ3) is 2.02. The average molecular weight is 255 g/mol. The summed E-state index contributed by atoms with van der Waals surface area (Å²) < 4.78 is 0. The van der Waals surface area contributed by atoms with Gasteiger partial charge in [-0.1, -0.05) is 12.1 Å². The number of H-pyrrole nitrogens is 1. The third-order valence-corrected chi connectivity index (χ3v) is 3.66. The van der Waals surface area contributed by atoms with E-state index in [1.807, 2.05) is 37.5 Å². The van der Waals surface area contributed by atoms with Crippen molar-refractivity contribution in [2.75, 3.05) is 12.4 Å². The minimum atomic E-state index is 1.02. The molecule has 90 valence electrons. The fourth-order valence-corrected chi connectivity index (χ4v) is 2.64. The molecule has 3 nitrogen and oxygen atoms in total. The van der Waals surface area contributed by atoms with Gasteiger partial charge in [-0.3, -0.25) is 0 Å². The van der Waals surface area contributed by atoms with Gasteiger partial charge in [0.15, 0.2) is 0 Å². The molecule has 0 bridgehead atoms. The van der Waals surface area contributed by atoms with Crippen LogP contribution in [0.5, 0.6) is 0 Å². The van der Waals surface area contributed by atoms with Crippen molar-refractivity contribution in [1.29, 1.82) is 0 Å². The molecule has 0 aliphatic heterocycles. The van der Waals surface area contributed by atoms with Crippen molar-refractivity contribution in [3.8, 4) is 22.0 Å².